The molecule has 1 fully saturated rings. The van der Waals surface area contributed by atoms with Gasteiger partial charge in [-0.05, 0) is 36.6 Å². The zero-order valence-electron chi connectivity index (χ0n) is 14.5. The van der Waals surface area contributed by atoms with Crippen LogP contribution in [0, 0.1) is 10.1 Å². The second-order valence-corrected chi connectivity index (χ2v) is 6.08. The second-order valence-electron chi connectivity index (χ2n) is 6.08. The molecular formula is C19H20N2O5. The number of nitro groups is 1. The quantitative estimate of drug-likeness (QED) is 0.447. The molecule has 0 amide bonds. The Kier molecular flexibility index (Phi) is 5.36. The molecule has 1 aliphatic rings. The van der Waals surface area contributed by atoms with E-state index >= 15 is 0 Å². The molecule has 0 bridgehead atoms. The van der Waals surface area contributed by atoms with E-state index in [4.69, 9.17) is 9.47 Å². The van der Waals surface area contributed by atoms with Gasteiger partial charge in [0, 0.05) is 25.2 Å². The van der Waals surface area contributed by atoms with E-state index in [1.54, 1.807) is 37.4 Å². The number of carbonyl (C=O) groups is 1. The first-order chi connectivity index (χ1) is 12.6. The molecule has 136 valence electrons. The van der Waals surface area contributed by atoms with Crippen molar-refractivity contribution < 1.29 is 19.2 Å². The molecule has 7 heteroatoms. The number of benzene rings is 2. The van der Waals surface area contributed by atoms with E-state index in [2.05, 4.69) is 4.90 Å². The molecule has 1 heterocycles. The van der Waals surface area contributed by atoms with Gasteiger partial charge in [-0.2, -0.15) is 0 Å². The molecule has 2 aromatic carbocycles. The maximum Gasteiger partial charge on any atom is 0.340 e. The lowest BCUT2D eigenvalue weighted by Gasteiger charge is -2.20. The van der Waals surface area contributed by atoms with E-state index in [1.165, 1.54) is 12.1 Å². The molecule has 0 N–H and O–H groups in total. The van der Waals surface area contributed by atoms with Crippen molar-refractivity contribution in [3.05, 3.63) is 63.7 Å². The van der Waals surface area contributed by atoms with E-state index in [-0.39, 0.29) is 17.9 Å². The van der Waals surface area contributed by atoms with E-state index in [0.29, 0.717) is 5.69 Å². The fraction of sp³-hybridized carbons (Fsp3) is 0.316. The number of carbonyl (C=O) groups excluding carboxylic acids is 1. The van der Waals surface area contributed by atoms with Crippen molar-refractivity contribution in [2.45, 2.75) is 19.4 Å². The number of ether oxygens (including phenoxy) is 2. The summed E-state index contributed by atoms with van der Waals surface area (Å²) in [5.41, 5.74) is 1.61. The minimum absolute atomic E-state index is 0.0883. The third-order valence-corrected chi connectivity index (χ3v) is 4.39. The zero-order valence-corrected chi connectivity index (χ0v) is 14.5. The number of esters is 1. The van der Waals surface area contributed by atoms with Gasteiger partial charge in [-0.1, -0.05) is 12.1 Å². The van der Waals surface area contributed by atoms with Gasteiger partial charge in [0.05, 0.1) is 23.3 Å². The average molecular weight is 356 g/mol. The van der Waals surface area contributed by atoms with Crippen molar-refractivity contribution in [3.63, 3.8) is 0 Å². The first-order valence-corrected chi connectivity index (χ1v) is 8.42. The number of non-ortho nitro benzene ring substituents is 1. The van der Waals surface area contributed by atoms with Crippen LogP contribution in [-0.2, 0) is 11.3 Å². The van der Waals surface area contributed by atoms with Crippen LogP contribution in [0.4, 0.5) is 11.4 Å². The minimum atomic E-state index is -0.564. The van der Waals surface area contributed by atoms with Crippen LogP contribution < -0.4 is 9.64 Å². The summed E-state index contributed by atoms with van der Waals surface area (Å²) in [6.07, 6.45) is 2.08. The maximum absolute atomic E-state index is 12.6. The Bertz CT molecular complexity index is 798. The smallest absolute Gasteiger partial charge is 0.340 e. The lowest BCUT2D eigenvalue weighted by molar-refractivity contribution is -0.384. The molecule has 1 saturated heterocycles. The molecule has 2 aromatic rings. The number of hydrogen-bond donors (Lipinski definition) is 0. The highest BCUT2D eigenvalue weighted by Gasteiger charge is 2.23. The Morgan fingerprint density at radius 3 is 2.46 bits per heavy atom. The maximum atomic E-state index is 12.6. The average Bonchev–Trinajstić information content (AvgIpc) is 3.20. The van der Waals surface area contributed by atoms with E-state index in [0.717, 1.165) is 37.2 Å². The van der Waals surface area contributed by atoms with Crippen LogP contribution in [0.5, 0.6) is 5.75 Å². The van der Waals surface area contributed by atoms with Gasteiger partial charge in [-0.15, -0.1) is 0 Å². The topological polar surface area (TPSA) is 81.9 Å². The van der Waals surface area contributed by atoms with Crippen molar-refractivity contribution in [2.75, 3.05) is 25.1 Å². The third kappa shape index (κ3) is 3.93. The predicted molar refractivity (Wildman–Crippen MR) is 96.7 cm³/mol. The van der Waals surface area contributed by atoms with Crippen LogP contribution in [0.15, 0.2) is 42.5 Å². The lowest BCUT2D eigenvalue weighted by atomic mass is 10.1. The predicted octanol–water partition coefficient (Wildman–Crippen LogP) is 3.56. The van der Waals surface area contributed by atoms with Crippen molar-refractivity contribution in [1.82, 2.24) is 0 Å². The molecule has 3 rings (SSSR count). The summed E-state index contributed by atoms with van der Waals surface area (Å²) in [7, 11) is 1.58. The number of hydrogen-bond acceptors (Lipinski definition) is 6. The van der Waals surface area contributed by atoms with Gasteiger partial charge in [0.25, 0.3) is 5.69 Å². The Balaban J connectivity index is 1.79. The van der Waals surface area contributed by atoms with Crippen LogP contribution in [0.25, 0.3) is 0 Å². The van der Waals surface area contributed by atoms with Crippen molar-refractivity contribution in [3.8, 4) is 5.75 Å². The van der Waals surface area contributed by atoms with Gasteiger partial charge >= 0.3 is 5.97 Å². The zero-order chi connectivity index (χ0) is 18.5. The summed E-state index contributed by atoms with van der Waals surface area (Å²) in [6, 6.07) is 11.5. The molecule has 0 aliphatic carbocycles. The van der Waals surface area contributed by atoms with Crippen molar-refractivity contribution in [2.24, 2.45) is 0 Å². The summed E-state index contributed by atoms with van der Waals surface area (Å²) in [5, 5.41) is 11.1. The fourth-order valence-electron chi connectivity index (χ4n) is 2.98. The van der Waals surface area contributed by atoms with Crippen LogP contribution >= 0.6 is 0 Å². The standard InChI is InChI=1S/C19H20N2O5/c1-25-16-7-4-14(5-8-16)13-26-19(22)17-12-15(21(23)24)6-9-18(17)20-10-2-3-11-20/h4-9,12H,2-3,10-11,13H2,1H3. The van der Waals surface area contributed by atoms with Gasteiger partial charge in [0.15, 0.2) is 0 Å². The van der Waals surface area contributed by atoms with Crippen LogP contribution in [-0.4, -0.2) is 31.1 Å². The highest BCUT2D eigenvalue weighted by molar-refractivity contribution is 5.96. The van der Waals surface area contributed by atoms with Crippen LogP contribution in [0.3, 0.4) is 0 Å². The Morgan fingerprint density at radius 1 is 1.15 bits per heavy atom. The molecule has 0 atom stereocenters. The first kappa shape index (κ1) is 17.7. The van der Waals surface area contributed by atoms with E-state index < -0.39 is 10.9 Å². The van der Waals surface area contributed by atoms with Crippen LogP contribution in [0.1, 0.15) is 28.8 Å². The molecule has 0 spiro atoms. The monoisotopic (exact) mass is 356 g/mol. The number of rotatable bonds is 6. The Morgan fingerprint density at radius 2 is 1.85 bits per heavy atom. The van der Waals surface area contributed by atoms with E-state index in [1.807, 2.05) is 0 Å². The summed E-state index contributed by atoms with van der Waals surface area (Å²) in [4.78, 5) is 25.2. The lowest BCUT2D eigenvalue weighted by Crippen LogP contribution is -2.21. The molecule has 7 nitrogen and oxygen atoms in total. The number of methoxy groups -OCH3 is 1. The highest BCUT2D eigenvalue weighted by Crippen LogP contribution is 2.29. The third-order valence-electron chi connectivity index (χ3n) is 4.39. The van der Waals surface area contributed by atoms with Gasteiger partial charge < -0.3 is 14.4 Å². The fourth-order valence-corrected chi connectivity index (χ4v) is 2.98. The first-order valence-electron chi connectivity index (χ1n) is 8.42. The molecule has 1 aliphatic heterocycles. The van der Waals surface area contributed by atoms with Crippen molar-refractivity contribution in [1.29, 1.82) is 0 Å². The summed E-state index contributed by atoms with van der Waals surface area (Å²) in [5.74, 6) is 0.154. The summed E-state index contributed by atoms with van der Waals surface area (Å²) >= 11 is 0. The normalized spacial score (nSPS) is 13.5. The summed E-state index contributed by atoms with van der Waals surface area (Å²) < 4.78 is 10.5. The van der Waals surface area contributed by atoms with Gasteiger partial charge in [0.2, 0.25) is 0 Å². The molecule has 0 radical (unpaired) electrons. The SMILES string of the molecule is COc1ccc(COC(=O)c2cc([N+](=O)[O-])ccc2N2CCCC2)cc1. The molecule has 0 saturated carbocycles. The summed E-state index contributed by atoms with van der Waals surface area (Å²) in [6.45, 7) is 1.75. The number of anilines is 1. The highest BCUT2D eigenvalue weighted by atomic mass is 16.6. The molecule has 26 heavy (non-hydrogen) atoms. The van der Waals surface area contributed by atoms with Gasteiger partial charge in [0.1, 0.15) is 12.4 Å². The Labute approximate surface area is 151 Å². The largest absolute Gasteiger partial charge is 0.497 e. The minimum Gasteiger partial charge on any atom is -0.497 e. The molecule has 0 aromatic heterocycles. The Hall–Kier alpha value is -3.09. The molecular weight excluding hydrogens is 336 g/mol. The molecule has 0 unspecified atom stereocenters. The van der Waals surface area contributed by atoms with Gasteiger partial charge in [-0.3, -0.25) is 10.1 Å². The van der Waals surface area contributed by atoms with E-state index in [9.17, 15) is 14.9 Å². The van der Waals surface area contributed by atoms with Crippen LogP contribution in [0.2, 0.25) is 0 Å². The second kappa shape index (κ2) is 7.86. The van der Waals surface area contributed by atoms with Crippen molar-refractivity contribution >= 4 is 17.3 Å². The number of nitrogens with zero attached hydrogens (tertiary/aromatic N) is 2. The number of nitro benzene ring substituents is 1. The van der Waals surface area contributed by atoms with Gasteiger partial charge in [-0.25, -0.2) is 4.79 Å².